The number of H-pyrrole nitrogens is 1. The maximum absolute atomic E-state index is 13.1. The Labute approximate surface area is 155 Å². The van der Waals surface area contributed by atoms with Gasteiger partial charge in [0, 0.05) is 23.5 Å². The minimum Gasteiger partial charge on any atom is -0.467 e. The highest BCUT2D eigenvalue weighted by Gasteiger charge is 2.35. The van der Waals surface area contributed by atoms with Crippen LogP contribution in [0.25, 0.3) is 10.9 Å². The van der Waals surface area contributed by atoms with E-state index in [9.17, 15) is 14.4 Å². The third-order valence-electron chi connectivity index (χ3n) is 4.81. The van der Waals surface area contributed by atoms with Gasteiger partial charge in [-0.3, -0.25) is 14.4 Å². The predicted octanol–water partition coefficient (Wildman–Crippen LogP) is 2.04. The molecule has 1 saturated heterocycles. The Hall–Kier alpha value is -3.35. The van der Waals surface area contributed by atoms with Crippen molar-refractivity contribution in [2.75, 3.05) is 6.54 Å². The molecule has 1 fully saturated rings. The van der Waals surface area contributed by atoms with E-state index in [2.05, 4.69) is 10.3 Å². The van der Waals surface area contributed by atoms with Gasteiger partial charge in [-0.25, -0.2) is 0 Å². The Kier molecular flexibility index (Phi) is 4.50. The minimum atomic E-state index is -0.550. The molecule has 1 aliphatic heterocycles. The summed E-state index contributed by atoms with van der Waals surface area (Å²) in [7, 11) is 0. The lowest BCUT2D eigenvalue weighted by Gasteiger charge is -2.24. The Morgan fingerprint density at radius 3 is 2.89 bits per heavy atom. The highest BCUT2D eigenvalue weighted by Crippen LogP contribution is 2.23. The van der Waals surface area contributed by atoms with Crippen molar-refractivity contribution in [3.63, 3.8) is 0 Å². The monoisotopic (exact) mass is 365 g/mol. The second kappa shape index (κ2) is 7.11. The molecule has 138 valence electrons. The number of likely N-dealkylation sites (tertiary alicyclic amines) is 1. The minimum absolute atomic E-state index is 0.216. The van der Waals surface area contributed by atoms with Gasteiger partial charge in [0.1, 0.15) is 11.8 Å². The molecule has 2 amide bonds. The van der Waals surface area contributed by atoms with Crippen LogP contribution in [0.3, 0.4) is 0 Å². The lowest BCUT2D eigenvalue weighted by atomic mass is 10.1. The molecule has 3 heterocycles. The maximum Gasteiger partial charge on any atom is 0.255 e. The first-order chi connectivity index (χ1) is 13.1. The van der Waals surface area contributed by atoms with E-state index in [-0.39, 0.29) is 23.9 Å². The predicted molar refractivity (Wildman–Crippen MR) is 99.2 cm³/mol. The maximum atomic E-state index is 13.1. The second-order valence-corrected chi connectivity index (χ2v) is 6.55. The topological polar surface area (TPSA) is 95.4 Å². The van der Waals surface area contributed by atoms with E-state index in [1.165, 1.54) is 6.07 Å². The molecule has 27 heavy (non-hydrogen) atoms. The second-order valence-electron chi connectivity index (χ2n) is 6.55. The highest BCUT2D eigenvalue weighted by molar-refractivity contribution is 6.07. The normalized spacial score (nSPS) is 16.6. The molecule has 4 rings (SSSR count). The molecule has 1 unspecified atom stereocenters. The Morgan fingerprint density at radius 1 is 1.22 bits per heavy atom. The zero-order valence-corrected chi connectivity index (χ0v) is 14.6. The molecule has 1 aliphatic rings. The molecule has 0 saturated carbocycles. The van der Waals surface area contributed by atoms with Crippen LogP contribution in [-0.2, 0) is 11.3 Å². The summed E-state index contributed by atoms with van der Waals surface area (Å²) in [6.45, 7) is 0.761. The highest BCUT2D eigenvalue weighted by atomic mass is 16.3. The van der Waals surface area contributed by atoms with Gasteiger partial charge in [0.15, 0.2) is 0 Å². The summed E-state index contributed by atoms with van der Waals surface area (Å²) in [6, 6.07) is 11.4. The zero-order valence-electron chi connectivity index (χ0n) is 14.6. The van der Waals surface area contributed by atoms with Gasteiger partial charge in [-0.1, -0.05) is 18.2 Å². The summed E-state index contributed by atoms with van der Waals surface area (Å²) in [5.41, 5.74) is 0.585. The fourth-order valence-corrected chi connectivity index (χ4v) is 3.52. The number of para-hydroxylation sites is 1. The largest absolute Gasteiger partial charge is 0.467 e. The summed E-state index contributed by atoms with van der Waals surface area (Å²) in [5.74, 6) is 0.138. The van der Waals surface area contributed by atoms with Gasteiger partial charge in [0.2, 0.25) is 11.5 Å². The van der Waals surface area contributed by atoms with Crippen molar-refractivity contribution in [1.82, 2.24) is 15.2 Å². The average Bonchev–Trinajstić information content (AvgIpc) is 3.36. The molecule has 7 heteroatoms. The number of furan rings is 1. The quantitative estimate of drug-likeness (QED) is 0.740. The molecule has 2 N–H and O–H groups in total. The van der Waals surface area contributed by atoms with Crippen molar-refractivity contribution in [2.45, 2.75) is 25.4 Å². The number of carbonyl (C=O) groups excluding carboxylic acids is 2. The van der Waals surface area contributed by atoms with E-state index in [1.54, 1.807) is 41.5 Å². The summed E-state index contributed by atoms with van der Waals surface area (Å²) in [6.07, 6.45) is 2.88. The summed E-state index contributed by atoms with van der Waals surface area (Å²) in [5, 5.41) is 3.49. The standard InChI is InChI=1S/C20H19N3O4/c24-18-11-15(14-6-1-2-7-16(14)22-18)20(26)23-9-3-8-17(23)19(25)21-12-13-5-4-10-27-13/h1-2,4-7,10-11,17H,3,8-9,12H2,(H,21,25)(H,22,24). The molecule has 0 radical (unpaired) electrons. The number of rotatable bonds is 4. The fraction of sp³-hybridized carbons (Fsp3) is 0.250. The fourth-order valence-electron chi connectivity index (χ4n) is 3.52. The lowest BCUT2D eigenvalue weighted by Crippen LogP contribution is -2.45. The van der Waals surface area contributed by atoms with Crippen LogP contribution in [0, 0.1) is 0 Å². The van der Waals surface area contributed by atoms with Crippen LogP contribution in [-0.4, -0.2) is 34.3 Å². The van der Waals surface area contributed by atoms with E-state index in [1.807, 2.05) is 6.07 Å². The first-order valence-corrected chi connectivity index (χ1v) is 8.86. The van der Waals surface area contributed by atoms with Crippen molar-refractivity contribution >= 4 is 22.7 Å². The number of nitrogens with one attached hydrogen (secondary N) is 2. The van der Waals surface area contributed by atoms with Crippen molar-refractivity contribution in [1.29, 1.82) is 0 Å². The third kappa shape index (κ3) is 3.36. The lowest BCUT2D eigenvalue weighted by molar-refractivity contribution is -0.125. The Balaban J connectivity index is 1.58. The number of hydrogen-bond donors (Lipinski definition) is 2. The number of pyridine rings is 1. The SMILES string of the molecule is O=C(NCc1ccco1)C1CCCN1C(=O)c1cc(=O)[nH]c2ccccc12. The Morgan fingerprint density at radius 2 is 2.07 bits per heavy atom. The summed E-state index contributed by atoms with van der Waals surface area (Å²) >= 11 is 0. The molecule has 0 bridgehead atoms. The number of nitrogens with zero attached hydrogens (tertiary/aromatic N) is 1. The van der Waals surface area contributed by atoms with E-state index >= 15 is 0 Å². The van der Waals surface area contributed by atoms with Crippen LogP contribution in [0.4, 0.5) is 0 Å². The van der Waals surface area contributed by atoms with Gasteiger partial charge >= 0.3 is 0 Å². The van der Waals surface area contributed by atoms with Crippen molar-refractivity contribution in [3.05, 3.63) is 70.4 Å². The number of aromatic nitrogens is 1. The van der Waals surface area contributed by atoms with Gasteiger partial charge < -0.3 is 19.6 Å². The van der Waals surface area contributed by atoms with Crippen LogP contribution in [0.1, 0.15) is 29.0 Å². The van der Waals surface area contributed by atoms with Gasteiger partial charge in [-0.15, -0.1) is 0 Å². The van der Waals surface area contributed by atoms with Gasteiger partial charge in [-0.05, 0) is 31.0 Å². The van der Waals surface area contributed by atoms with Crippen LogP contribution in [0.2, 0.25) is 0 Å². The molecule has 0 aliphatic carbocycles. The first kappa shape index (κ1) is 17.1. The zero-order chi connectivity index (χ0) is 18.8. The molecular formula is C20H19N3O4. The molecule has 2 aromatic heterocycles. The molecular weight excluding hydrogens is 346 g/mol. The van der Waals surface area contributed by atoms with E-state index < -0.39 is 6.04 Å². The number of carbonyl (C=O) groups is 2. The van der Waals surface area contributed by atoms with E-state index in [0.29, 0.717) is 35.2 Å². The summed E-state index contributed by atoms with van der Waals surface area (Å²) in [4.78, 5) is 42.0. The van der Waals surface area contributed by atoms with Gasteiger partial charge in [0.05, 0.1) is 18.4 Å². The summed E-state index contributed by atoms with van der Waals surface area (Å²) < 4.78 is 5.22. The number of amides is 2. The van der Waals surface area contributed by atoms with Gasteiger partial charge in [0.25, 0.3) is 5.91 Å². The van der Waals surface area contributed by atoms with Crippen LogP contribution < -0.4 is 10.9 Å². The number of aromatic amines is 1. The molecule has 3 aromatic rings. The van der Waals surface area contributed by atoms with Crippen LogP contribution in [0.5, 0.6) is 0 Å². The van der Waals surface area contributed by atoms with Crippen molar-refractivity contribution in [2.24, 2.45) is 0 Å². The Bertz CT molecular complexity index is 1040. The van der Waals surface area contributed by atoms with Crippen LogP contribution >= 0.6 is 0 Å². The van der Waals surface area contributed by atoms with Crippen molar-refractivity contribution < 1.29 is 14.0 Å². The average molecular weight is 365 g/mol. The van der Waals surface area contributed by atoms with E-state index in [0.717, 1.165) is 6.42 Å². The molecule has 1 aromatic carbocycles. The molecule has 7 nitrogen and oxygen atoms in total. The number of fused-ring (bicyclic) bond motifs is 1. The molecule has 1 atom stereocenters. The number of benzene rings is 1. The van der Waals surface area contributed by atoms with Gasteiger partial charge in [-0.2, -0.15) is 0 Å². The first-order valence-electron chi connectivity index (χ1n) is 8.86. The smallest absolute Gasteiger partial charge is 0.255 e. The third-order valence-corrected chi connectivity index (χ3v) is 4.81. The van der Waals surface area contributed by atoms with Crippen molar-refractivity contribution in [3.8, 4) is 0 Å². The van der Waals surface area contributed by atoms with E-state index in [4.69, 9.17) is 4.42 Å². The number of hydrogen-bond acceptors (Lipinski definition) is 4. The molecule has 0 spiro atoms. The van der Waals surface area contributed by atoms with Crippen LogP contribution in [0.15, 0.2) is 57.9 Å².